The lowest BCUT2D eigenvalue weighted by Gasteiger charge is -2.00. The minimum atomic E-state index is -0.478. The largest absolute Gasteiger partial charge is 0.270 e. The Balaban J connectivity index is 2.10. The van der Waals surface area contributed by atoms with Crippen molar-refractivity contribution in [2.24, 2.45) is 0 Å². The van der Waals surface area contributed by atoms with Gasteiger partial charge < -0.3 is 0 Å². The highest BCUT2D eigenvalue weighted by atomic mass is 16.6. The first kappa shape index (κ1) is 13.5. The van der Waals surface area contributed by atoms with Gasteiger partial charge in [0.1, 0.15) is 17.3 Å². The molecule has 0 unspecified atom stereocenters. The number of allylic oxidation sites excluding steroid dienone is 1. The first-order valence-corrected chi connectivity index (χ1v) is 6.36. The minimum Gasteiger partial charge on any atom is -0.258 e. The summed E-state index contributed by atoms with van der Waals surface area (Å²) in [6.45, 7) is 0. The molecule has 0 fully saturated rings. The molecule has 3 rings (SSSR count). The van der Waals surface area contributed by atoms with Crippen molar-refractivity contribution in [2.75, 3.05) is 0 Å². The summed E-state index contributed by atoms with van der Waals surface area (Å²) in [5.41, 5.74) is 2.11. The fourth-order valence-electron chi connectivity index (χ4n) is 2.07. The van der Waals surface area contributed by atoms with Gasteiger partial charge in [0.2, 0.25) is 0 Å². The number of rotatable bonds is 3. The smallest absolute Gasteiger partial charge is 0.258 e. The summed E-state index contributed by atoms with van der Waals surface area (Å²) in [5, 5.41) is 28.1. The molecule has 0 saturated carbocycles. The molecule has 7 nitrogen and oxygen atoms in total. The highest BCUT2D eigenvalue weighted by molar-refractivity contribution is 5.86. The van der Waals surface area contributed by atoms with E-state index in [0.717, 1.165) is 0 Å². The van der Waals surface area contributed by atoms with E-state index in [9.17, 15) is 15.4 Å². The van der Waals surface area contributed by atoms with Gasteiger partial charge in [-0.1, -0.05) is 29.5 Å². The molecule has 0 N–H and O–H groups in total. The van der Waals surface area contributed by atoms with Crippen LogP contribution in [0.5, 0.6) is 0 Å². The number of fused-ring (bicyclic) bond motifs is 1. The third kappa shape index (κ3) is 2.41. The molecule has 0 atom stereocenters. The summed E-state index contributed by atoms with van der Waals surface area (Å²) in [5.74, 6) is 0. The molecule has 0 amide bonds. The lowest BCUT2D eigenvalue weighted by molar-refractivity contribution is -0.384. The number of hydrogen-bond acceptors (Lipinski definition) is 5. The summed E-state index contributed by atoms with van der Waals surface area (Å²) in [7, 11) is 0. The van der Waals surface area contributed by atoms with Crippen LogP contribution in [0.25, 0.3) is 22.8 Å². The maximum Gasteiger partial charge on any atom is 0.270 e. The van der Waals surface area contributed by atoms with Gasteiger partial charge in [-0.05, 0) is 23.8 Å². The van der Waals surface area contributed by atoms with E-state index in [1.165, 1.54) is 22.9 Å². The summed E-state index contributed by atoms with van der Waals surface area (Å²) in [6, 6.07) is 15.3. The number of benzene rings is 2. The Labute approximate surface area is 124 Å². The molecule has 0 aliphatic heterocycles. The molecule has 0 aliphatic rings. The fourth-order valence-corrected chi connectivity index (χ4v) is 2.07. The lowest BCUT2D eigenvalue weighted by Crippen LogP contribution is -1.97. The SMILES string of the molecule is N#C/C(=C\c1cccc([N+](=O)[O-])c1)n1nnc2ccccc21. The second-order valence-electron chi connectivity index (χ2n) is 4.48. The van der Waals surface area contributed by atoms with Gasteiger partial charge in [-0.25, -0.2) is 4.68 Å². The van der Waals surface area contributed by atoms with Crippen LogP contribution in [0.2, 0.25) is 0 Å². The standard InChI is InChI=1S/C15H9N5O2/c16-10-13(9-11-4-3-5-12(8-11)20(21)22)19-15-7-2-1-6-14(15)17-18-19/h1-9H/b13-9+. The van der Waals surface area contributed by atoms with Crippen LogP contribution >= 0.6 is 0 Å². The van der Waals surface area contributed by atoms with Crippen molar-refractivity contribution in [1.29, 1.82) is 5.26 Å². The normalized spacial score (nSPS) is 11.3. The van der Waals surface area contributed by atoms with E-state index in [1.54, 1.807) is 24.3 Å². The topological polar surface area (TPSA) is 97.6 Å². The van der Waals surface area contributed by atoms with Gasteiger partial charge >= 0.3 is 0 Å². The van der Waals surface area contributed by atoms with Gasteiger partial charge in [0.15, 0.2) is 0 Å². The van der Waals surface area contributed by atoms with Gasteiger partial charge in [0, 0.05) is 12.1 Å². The van der Waals surface area contributed by atoms with Crippen LogP contribution in [0.15, 0.2) is 48.5 Å². The molecule has 0 radical (unpaired) electrons. The summed E-state index contributed by atoms with van der Waals surface area (Å²) >= 11 is 0. The predicted octanol–water partition coefficient (Wildman–Crippen LogP) is 2.86. The number of nitriles is 1. The van der Waals surface area contributed by atoms with Crippen LogP contribution in [0.4, 0.5) is 5.69 Å². The molecule has 2 aromatic carbocycles. The quantitative estimate of drug-likeness (QED) is 0.420. The molecule has 0 bridgehead atoms. The fraction of sp³-hybridized carbons (Fsp3) is 0. The van der Waals surface area contributed by atoms with Crippen LogP contribution < -0.4 is 0 Å². The van der Waals surface area contributed by atoms with E-state index in [-0.39, 0.29) is 11.4 Å². The monoisotopic (exact) mass is 291 g/mol. The zero-order valence-electron chi connectivity index (χ0n) is 11.2. The van der Waals surface area contributed by atoms with Crippen LogP contribution in [-0.2, 0) is 0 Å². The van der Waals surface area contributed by atoms with Gasteiger partial charge in [0.25, 0.3) is 5.69 Å². The third-order valence-corrected chi connectivity index (χ3v) is 3.08. The molecule has 1 heterocycles. The van der Waals surface area contributed by atoms with Crippen molar-refractivity contribution in [3.05, 3.63) is 64.2 Å². The third-order valence-electron chi connectivity index (χ3n) is 3.08. The molecule has 0 saturated heterocycles. The van der Waals surface area contributed by atoms with E-state index in [0.29, 0.717) is 16.6 Å². The van der Waals surface area contributed by atoms with E-state index in [4.69, 9.17) is 0 Å². The second-order valence-corrected chi connectivity index (χ2v) is 4.48. The van der Waals surface area contributed by atoms with Crippen LogP contribution in [0.1, 0.15) is 5.56 Å². The van der Waals surface area contributed by atoms with Crippen LogP contribution in [0, 0.1) is 21.4 Å². The van der Waals surface area contributed by atoms with Crippen molar-refractivity contribution in [1.82, 2.24) is 15.0 Å². The average molecular weight is 291 g/mol. The Morgan fingerprint density at radius 1 is 1.27 bits per heavy atom. The van der Waals surface area contributed by atoms with Crippen molar-refractivity contribution >= 4 is 28.5 Å². The lowest BCUT2D eigenvalue weighted by atomic mass is 10.1. The Kier molecular flexibility index (Phi) is 3.34. The summed E-state index contributed by atoms with van der Waals surface area (Å²) in [6.07, 6.45) is 1.54. The zero-order chi connectivity index (χ0) is 15.5. The number of hydrogen-bond donors (Lipinski definition) is 0. The maximum atomic E-state index is 10.8. The highest BCUT2D eigenvalue weighted by Gasteiger charge is 2.09. The van der Waals surface area contributed by atoms with Crippen molar-refractivity contribution in [3.63, 3.8) is 0 Å². The van der Waals surface area contributed by atoms with Crippen molar-refractivity contribution in [3.8, 4) is 6.07 Å². The Bertz CT molecular complexity index is 936. The summed E-state index contributed by atoms with van der Waals surface area (Å²) < 4.78 is 1.41. The van der Waals surface area contributed by atoms with E-state index in [1.807, 2.05) is 18.2 Å². The summed E-state index contributed by atoms with van der Waals surface area (Å²) in [4.78, 5) is 10.3. The Hall–Kier alpha value is -3.53. The average Bonchev–Trinajstić information content (AvgIpc) is 2.97. The molecular weight excluding hydrogens is 282 g/mol. The zero-order valence-corrected chi connectivity index (χ0v) is 11.2. The van der Waals surface area contributed by atoms with Crippen molar-refractivity contribution in [2.45, 2.75) is 0 Å². The number of nitrogens with zero attached hydrogens (tertiary/aromatic N) is 5. The van der Waals surface area contributed by atoms with Gasteiger partial charge in [-0.15, -0.1) is 5.10 Å². The first-order valence-electron chi connectivity index (χ1n) is 6.36. The van der Waals surface area contributed by atoms with Crippen molar-refractivity contribution < 1.29 is 4.92 Å². The second kappa shape index (κ2) is 5.46. The Morgan fingerprint density at radius 3 is 2.86 bits per heavy atom. The van der Waals surface area contributed by atoms with Gasteiger partial charge in [-0.2, -0.15) is 5.26 Å². The van der Waals surface area contributed by atoms with E-state index >= 15 is 0 Å². The van der Waals surface area contributed by atoms with Gasteiger partial charge in [-0.3, -0.25) is 10.1 Å². The predicted molar refractivity (Wildman–Crippen MR) is 80.4 cm³/mol. The van der Waals surface area contributed by atoms with Crippen LogP contribution in [0.3, 0.4) is 0 Å². The number of nitro groups is 1. The van der Waals surface area contributed by atoms with E-state index in [2.05, 4.69) is 10.3 Å². The van der Waals surface area contributed by atoms with E-state index < -0.39 is 4.92 Å². The Morgan fingerprint density at radius 2 is 2.09 bits per heavy atom. The molecule has 106 valence electrons. The first-order chi connectivity index (χ1) is 10.7. The number of aromatic nitrogens is 3. The molecular formula is C15H9N5O2. The van der Waals surface area contributed by atoms with Gasteiger partial charge in [0.05, 0.1) is 10.4 Å². The number of nitro benzene ring substituents is 1. The van der Waals surface area contributed by atoms with Crippen LogP contribution in [-0.4, -0.2) is 19.9 Å². The molecule has 1 aromatic heterocycles. The number of non-ortho nitro benzene ring substituents is 1. The highest BCUT2D eigenvalue weighted by Crippen LogP contribution is 2.19. The maximum absolute atomic E-state index is 10.8. The number of para-hydroxylation sites is 1. The molecule has 0 spiro atoms. The minimum absolute atomic E-state index is 0.0329. The molecule has 7 heteroatoms. The molecule has 0 aliphatic carbocycles. The molecule has 3 aromatic rings. The molecule has 22 heavy (non-hydrogen) atoms.